The van der Waals surface area contributed by atoms with Crippen LogP contribution in [0.2, 0.25) is 0 Å². The lowest BCUT2D eigenvalue weighted by Gasteiger charge is -2.13. The Balaban J connectivity index is 2.37. The first kappa shape index (κ1) is 12.8. The summed E-state index contributed by atoms with van der Waals surface area (Å²) in [5.41, 5.74) is 6.81. The van der Waals surface area contributed by atoms with Gasteiger partial charge in [0.25, 0.3) is 6.43 Å². The number of anilines is 3. The number of hydrogen-bond acceptors (Lipinski definition) is 2. The normalized spacial score (nSPS) is 10.7. The molecule has 0 saturated carbocycles. The molecular formula is C13H11BrF2N2. The van der Waals surface area contributed by atoms with E-state index in [-0.39, 0.29) is 5.56 Å². The van der Waals surface area contributed by atoms with Crippen molar-refractivity contribution in [1.29, 1.82) is 0 Å². The van der Waals surface area contributed by atoms with Crippen LogP contribution in [0, 0.1) is 0 Å². The SMILES string of the molecule is Nc1ccc(Nc2ccccc2Br)c(C(F)F)c1. The van der Waals surface area contributed by atoms with Crippen LogP contribution < -0.4 is 11.1 Å². The summed E-state index contributed by atoms with van der Waals surface area (Å²) < 4.78 is 26.6. The van der Waals surface area contributed by atoms with Crippen molar-refractivity contribution in [2.75, 3.05) is 11.1 Å². The highest BCUT2D eigenvalue weighted by atomic mass is 79.9. The molecule has 0 amide bonds. The maximum absolute atomic E-state index is 12.9. The molecule has 0 aliphatic carbocycles. The average Bonchev–Trinajstić information content (AvgIpc) is 2.34. The van der Waals surface area contributed by atoms with Gasteiger partial charge in [0.05, 0.1) is 5.69 Å². The Labute approximate surface area is 112 Å². The summed E-state index contributed by atoms with van der Waals surface area (Å²) in [4.78, 5) is 0. The lowest BCUT2D eigenvalue weighted by atomic mass is 10.1. The van der Waals surface area contributed by atoms with Gasteiger partial charge in [0.15, 0.2) is 0 Å². The van der Waals surface area contributed by atoms with E-state index >= 15 is 0 Å². The third-order valence-electron chi connectivity index (χ3n) is 2.45. The predicted molar refractivity (Wildman–Crippen MR) is 73.2 cm³/mol. The van der Waals surface area contributed by atoms with Gasteiger partial charge in [0.2, 0.25) is 0 Å². The van der Waals surface area contributed by atoms with Crippen LogP contribution in [-0.4, -0.2) is 0 Å². The number of alkyl halides is 2. The van der Waals surface area contributed by atoms with Crippen LogP contribution in [0.15, 0.2) is 46.9 Å². The van der Waals surface area contributed by atoms with E-state index in [4.69, 9.17) is 5.73 Å². The van der Waals surface area contributed by atoms with Crippen LogP contribution in [0.1, 0.15) is 12.0 Å². The second kappa shape index (κ2) is 5.35. The summed E-state index contributed by atoms with van der Waals surface area (Å²) in [6.07, 6.45) is -2.57. The maximum Gasteiger partial charge on any atom is 0.265 e. The summed E-state index contributed by atoms with van der Waals surface area (Å²) in [7, 11) is 0. The van der Waals surface area contributed by atoms with Crippen LogP contribution >= 0.6 is 15.9 Å². The highest BCUT2D eigenvalue weighted by Crippen LogP contribution is 2.33. The summed E-state index contributed by atoms with van der Waals surface area (Å²) in [5.74, 6) is 0. The zero-order chi connectivity index (χ0) is 13.1. The highest BCUT2D eigenvalue weighted by molar-refractivity contribution is 9.10. The van der Waals surface area contributed by atoms with Crippen molar-refractivity contribution in [3.8, 4) is 0 Å². The summed E-state index contributed by atoms with van der Waals surface area (Å²) in [6, 6.07) is 11.7. The molecule has 0 atom stereocenters. The Kier molecular flexibility index (Phi) is 3.81. The molecule has 2 aromatic carbocycles. The summed E-state index contributed by atoms with van der Waals surface area (Å²) >= 11 is 3.36. The largest absolute Gasteiger partial charge is 0.399 e. The Morgan fingerprint density at radius 2 is 1.78 bits per heavy atom. The molecule has 0 saturated heterocycles. The molecular weight excluding hydrogens is 302 g/mol. The van der Waals surface area contributed by atoms with Gasteiger partial charge < -0.3 is 11.1 Å². The number of para-hydroxylation sites is 1. The van der Waals surface area contributed by atoms with Crippen molar-refractivity contribution in [2.24, 2.45) is 0 Å². The number of halogens is 3. The molecule has 0 aliphatic rings. The van der Waals surface area contributed by atoms with Crippen LogP contribution in [0.4, 0.5) is 25.8 Å². The van der Waals surface area contributed by atoms with Crippen molar-refractivity contribution < 1.29 is 8.78 Å². The zero-order valence-corrected chi connectivity index (χ0v) is 10.9. The molecule has 2 nitrogen and oxygen atoms in total. The molecule has 0 aliphatic heterocycles. The number of nitrogen functional groups attached to an aromatic ring is 1. The topological polar surface area (TPSA) is 38.0 Å². The Morgan fingerprint density at radius 3 is 2.44 bits per heavy atom. The van der Waals surface area contributed by atoms with Crippen LogP contribution in [-0.2, 0) is 0 Å². The minimum Gasteiger partial charge on any atom is -0.399 e. The van der Waals surface area contributed by atoms with Crippen molar-refractivity contribution in [1.82, 2.24) is 0 Å². The molecule has 0 spiro atoms. The van der Waals surface area contributed by atoms with Gasteiger partial charge in [0, 0.05) is 21.4 Å². The molecule has 18 heavy (non-hydrogen) atoms. The smallest absolute Gasteiger partial charge is 0.265 e. The van der Waals surface area contributed by atoms with Crippen molar-refractivity contribution in [3.05, 3.63) is 52.5 Å². The Morgan fingerprint density at radius 1 is 1.06 bits per heavy atom. The third kappa shape index (κ3) is 2.79. The van der Waals surface area contributed by atoms with Crippen molar-refractivity contribution in [3.63, 3.8) is 0 Å². The van der Waals surface area contributed by atoms with E-state index in [9.17, 15) is 8.78 Å². The van der Waals surface area contributed by atoms with E-state index in [0.717, 1.165) is 10.2 Å². The maximum atomic E-state index is 12.9. The monoisotopic (exact) mass is 312 g/mol. The lowest BCUT2D eigenvalue weighted by Crippen LogP contribution is -1.98. The second-order valence-corrected chi connectivity index (χ2v) is 4.61. The number of nitrogens with one attached hydrogen (secondary N) is 1. The minimum atomic E-state index is -2.57. The van der Waals surface area contributed by atoms with Gasteiger partial charge in [-0.05, 0) is 46.3 Å². The summed E-state index contributed by atoms with van der Waals surface area (Å²) in [5, 5.41) is 2.97. The average molecular weight is 313 g/mol. The van der Waals surface area contributed by atoms with Gasteiger partial charge in [-0.2, -0.15) is 0 Å². The van der Waals surface area contributed by atoms with Crippen molar-refractivity contribution in [2.45, 2.75) is 6.43 Å². The molecule has 0 heterocycles. The molecule has 0 radical (unpaired) electrons. The van der Waals surface area contributed by atoms with E-state index in [1.807, 2.05) is 18.2 Å². The van der Waals surface area contributed by atoms with Gasteiger partial charge in [-0.3, -0.25) is 0 Å². The van der Waals surface area contributed by atoms with Gasteiger partial charge >= 0.3 is 0 Å². The molecule has 94 valence electrons. The second-order valence-electron chi connectivity index (χ2n) is 3.75. The van der Waals surface area contributed by atoms with Crippen LogP contribution in [0.5, 0.6) is 0 Å². The number of rotatable bonds is 3. The number of nitrogens with two attached hydrogens (primary N) is 1. The number of benzene rings is 2. The molecule has 0 fully saturated rings. The van der Waals surface area contributed by atoms with Gasteiger partial charge in [-0.15, -0.1) is 0 Å². The highest BCUT2D eigenvalue weighted by Gasteiger charge is 2.14. The minimum absolute atomic E-state index is 0.106. The molecule has 0 aromatic heterocycles. The number of hydrogen-bond donors (Lipinski definition) is 2. The van der Waals surface area contributed by atoms with Crippen LogP contribution in [0.25, 0.3) is 0 Å². The fraction of sp³-hybridized carbons (Fsp3) is 0.0769. The van der Waals surface area contributed by atoms with E-state index in [0.29, 0.717) is 11.4 Å². The lowest BCUT2D eigenvalue weighted by molar-refractivity contribution is 0.152. The van der Waals surface area contributed by atoms with E-state index in [1.54, 1.807) is 18.2 Å². The predicted octanol–water partition coefficient (Wildman–Crippen LogP) is 4.71. The third-order valence-corrected chi connectivity index (χ3v) is 3.15. The van der Waals surface area contributed by atoms with Gasteiger partial charge in [-0.25, -0.2) is 8.78 Å². The first-order valence-electron chi connectivity index (χ1n) is 5.27. The van der Waals surface area contributed by atoms with E-state index in [1.165, 1.54) is 6.07 Å². The first-order chi connectivity index (χ1) is 8.58. The van der Waals surface area contributed by atoms with Crippen molar-refractivity contribution >= 4 is 33.0 Å². The fourth-order valence-electron chi connectivity index (χ4n) is 1.58. The Bertz CT molecular complexity index is 558. The summed E-state index contributed by atoms with van der Waals surface area (Å²) in [6.45, 7) is 0. The molecule has 3 N–H and O–H groups in total. The standard InChI is InChI=1S/C13H11BrF2N2/c14-10-3-1-2-4-12(10)18-11-6-5-8(17)7-9(11)13(15)16/h1-7,13,18H,17H2. The van der Waals surface area contributed by atoms with Gasteiger partial charge in [0.1, 0.15) is 0 Å². The fourth-order valence-corrected chi connectivity index (χ4v) is 1.97. The zero-order valence-electron chi connectivity index (χ0n) is 9.33. The van der Waals surface area contributed by atoms with E-state index < -0.39 is 6.43 Å². The first-order valence-corrected chi connectivity index (χ1v) is 6.06. The molecule has 0 unspecified atom stereocenters. The van der Waals surface area contributed by atoms with E-state index in [2.05, 4.69) is 21.2 Å². The molecule has 0 bridgehead atoms. The molecule has 5 heteroatoms. The van der Waals surface area contributed by atoms with Crippen LogP contribution in [0.3, 0.4) is 0 Å². The molecule has 2 rings (SSSR count). The Hall–Kier alpha value is -1.62. The molecule has 2 aromatic rings. The van der Waals surface area contributed by atoms with Gasteiger partial charge in [-0.1, -0.05) is 12.1 Å². The quantitative estimate of drug-likeness (QED) is 0.805.